The molecule has 0 unspecified atom stereocenters. The Morgan fingerprint density at radius 1 is 0.960 bits per heavy atom. The van der Waals surface area contributed by atoms with E-state index in [-0.39, 0.29) is 18.0 Å². The maximum atomic E-state index is 12.1. The fourth-order valence-corrected chi connectivity index (χ4v) is 2.13. The average molecular weight is 335 g/mol. The minimum Gasteiger partial charge on any atom is -0.462 e. The summed E-state index contributed by atoms with van der Waals surface area (Å²) in [5, 5.41) is 15.7. The number of hydrogen-bond acceptors (Lipinski definition) is 5. The van der Waals surface area contributed by atoms with Crippen LogP contribution in [0.5, 0.6) is 0 Å². The molecule has 2 aromatic carbocycles. The molecule has 0 bridgehead atoms. The van der Waals surface area contributed by atoms with Crippen molar-refractivity contribution in [2.45, 2.75) is 20.8 Å². The van der Waals surface area contributed by atoms with Crippen molar-refractivity contribution in [3.8, 4) is 6.07 Å². The summed E-state index contributed by atoms with van der Waals surface area (Å²) in [7, 11) is 0. The van der Waals surface area contributed by atoms with Crippen LogP contribution in [0.3, 0.4) is 0 Å². The Bertz CT molecular complexity index is 751. The maximum absolute atomic E-state index is 12.1. The first kappa shape index (κ1) is 18.1. The SMILES string of the molecule is CCOC(=O)C(C#N)=C(Nc1ccc(C)cc1)Nc1ccc(C)cc1. The van der Waals surface area contributed by atoms with Crippen LogP contribution in [-0.2, 0) is 9.53 Å². The number of esters is 1. The zero-order valence-electron chi connectivity index (χ0n) is 14.6. The standard InChI is InChI=1S/C20H21N3O2/c1-4-25-20(24)18(13-21)19(22-16-9-5-14(2)6-10-16)23-17-11-7-15(3)8-12-17/h5-12,22-23H,4H2,1-3H3. The molecule has 5 nitrogen and oxygen atoms in total. The maximum Gasteiger partial charge on any atom is 0.352 e. The zero-order valence-corrected chi connectivity index (χ0v) is 14.6. The number of aryl methyl sites for hydroxylation is 2. The zero-order chi connectivity index (χ0) is 18.2. The number of rotatable bonds is 6. The lowest BCUT2D eigenvalue weighted by atomic mass is 10.2. The molecule has 0 fully saturated rings. The Hall–Kier alpha value is -3.26. The number of hydrogen-bond donors (Lipinski definition) is 2. The quantitative estimate of drug-likeness (QED) is 0.472. The van der Waals surface area contributed by atoms with Crippen LogP contribution in [0.1, 0.15) is 18.1 Å². The Kier molecular flexibility index (Phi) is 6.19. The Morgan fingerprint density at radius 2 is 1.40 bits per heavy atom. The van der Waals surface area contributed by atoms with Crippen molar-refractivity contribution in [1.82, 2.24) is 0 Å². The summed E-state index contributed by atoms with van der Waals surface area (Å²) < 4.78 is 4.99. The molecule has 0 radical (unpaired) electrons. The largest absolute Gasteiger partial charge is 0.462 e. The van der Waals surface area contributed by atoms with Gasteiger partial charge >= 0.3 is 5.97 Å². The van der Waals surface area contributed by atoms with Crippen LogP contribution in [0.4, 0.5) is 11.4 Å². The van der Waals surface area contributed by atoms with Crippen LogP contribution < -0.4 is 10.6 Å². The number of carbonyl (C=O) groups excluding carboxylic acids is 1. The van der Waals surface area contributed by atoms with E-state index < -0.39 is 5.97 Å². The third-order valence-corrected chi connectivity index (χ3v) is 3.48. The predicted molar refractivity (Wildman–Crippen MR) is 98.9 cm³/mol. The Balaban J connectivity index is 2.38. The van der Waals surface area contributed by atoms with Gasteiger partial charge in [0.2, 0.25) is 0 Å². The molecule has 0 spiro atoms. The predicted octanol–water partition coefficient (Wildman–Crippen LogP) is 4.13. The van der Waals surface area contributed by atoms with Gasteiger partial charge in [0.1, 0.15) is 11.9 Å². The summed E-state index contributed by atoms with van der Waals surface area (Å²) in [5.41, 5.74) is 3.65. The second-order valence-corrected chi connectivity index (χ2v) is 5.56. The summed E-state index contributed by atoms with van der Waals surface area (Å²) in [4.78, 5) is 12.1. The summed E-state index contributed by atoms with van der Waals surface area (Å²) >= 11 is 0. The van der Waals surface area contributed by atoms with Gasteiger partial charge in [0.05, 0.1) is 6.61 Å². The molecule has 0 aliphatic heterocycles. The van der Waals surface area contributed by atoms with Gasteiger partial charge in [0, 0.05) is 11.4 Å². The van der Waals surface area contributed by atoms with Crippen molar-refractivity contribution >= 4 is 17.3 Å². The molecule has 0 aliphatic rings. The first-order chi connectivity index (χ1) is 12.0. The van der Waals surface area contributed by atoms with E-state index in [1.807, 2.05) is 68.4 Å². The molecule has 25 heavy (non-hydrogen) atoms. The minimum atomic E-state index is -0.667. The molecular weight excluding hydrogens is 314 g/mol. The number of benzene rings is 2. The number of nitrogens with one attached hydrogen (secondary N) is 2. The molecule has 5 heteroatoms. The van der Waals surface area contributed by atoms with Gasteiger partial charge in [0.15, 0.2) is 5.57 Å². The van der Waals surface area contributed by atoms with E-state index in [0.717, 1.165) is 22.5 Å². The van der Waals surface area contributed by atoms with E-state index >= 15 is 0 Å². The van der Waals surface area contributed by atoms with Crippen LogP contribution in [-0.4, -0.2) is 12.6 Å². The first-order valence-corrected chi connectivity index (χ1v) is 8.02. The third-order valence-electron chi connectivity index (χ3n) is 3.48. The monoisotopic (exact) mass is 335 g/mol. The molecular formula is C20H21N3O2. The number of nitriles is 1. The lowest BCUT2D eigenvalue weighted by Gasteiger charge is -2.16. The highest BCUT2D eigenvalue weighted by molar-refractivity contribution is 5.95. The minimum absolute atomic E-state index is 0.108. The summed E-state index contributed by atoms with van der Waals surface area (Å²) in [6, 6.07) is 17.2. The molecule has 128 valence electrons. The molecule has 2 N–H and O–H groups in total. The fraction of sp³-hybridized carbons (Fsp3) is 0.200. The Labute approximate surface area is 147 Å². The van der Waals surface area contributed by atoms with Crippen molar-refractivity contribution in [1.29, 1.82) is 5.26 Å². The summed E-state index contributed by atoms with van der Waals surface area (Å²) in [6.45, 7) is 5.88. The van der Waals surface area contributed by atoms with Crippen LogP contribution in [0, 0.1) is 25.2 Å². The van der Waals surface area contributed by atoms with E-state index in [1.165, 1.54) is 0 Å². The number of ether oxygens (including phenoxy) is 1. The first-order valence-electron chi connectivity index (χ1n) is 8.02. The highest BCUT2D eigenvalue weighted by Crippen LogP contribution is 2.18. The molecule has 0 saturated carbocycles. The highest BCUT2D eigenvalue weighted by Gasteiger charge is 2.17. The molecule has 0 aliphatic carbocycles. The Morgan fingerprint density at radius 3 is 1.76 bits per heavy atom. The number of carbonyl (C=O) groups is 1. The summed E-state index contributed by atoms with van der Waals surface area (Å²) in [6.07, 6.45) is 0. The van der Waals surface area contributed by atoms with Gasteiger partial charge in [-0.1, -0.05) is 35.4 Å². The van der Waals surface area contributed by atoms with Crippen LogP contribution in [0.25, 0.3) is 0 Å². The van der Waals surface area contributed by atoms with Gasteiger partial charge < -0.3 is 15.4 Å². The van der Waals surface area contributed by atoms with E-state index in [9.17, 15) is 10.1 Å². The summed E-state index contributed by atoms with van der Waals surface area (Å²) in [5.74, 6) is -0.382. The van der Waals surface area contributed by atoms with Crippen LogP contribution in [0.15, 0.2) is 59.9 Å². The van der Waals surface area contributed by atoms with Crippen molar-refractivity contribution in [2.75, 3.05) is 17.2 Å². The van der Waals surface area contributed by atoms with Crippen molar-refractivity contribution in [3.05, 3.63) is 71.1 Å². The van der Waals surface area contributed by atoms with Crippen LogP contribution in [0.2, 0.25) is 0 Å². The second-order valence-electron chi connectivity index (χ2n) is 5.56. The van der Waals surface area contributed by atoms with E-state index in [2.05, 4.69) is 10.6 Å². The van der Waals surface area contributed by atoms with Crippen LogP contribution >= 0.6 is 0 Å². The number of nitrogens with zero attached hydrogens (tertiary/aromatic N) is 1. The van der Waals surface area contributed by atoms with Gasteiger partial charge in [-0.25, -0.2) is 4.79 Å². The lowest BCUT2D eigenvalue weighted by molar-refractivity contribution is -0.138. The van der Waals surface area contributed by atoms with E-state index in [0.29, 0.717) is 0 Å². The van der Waals surface area contributed by atoms with Gasteiger partial charge in [0.25, 0.3) is 0 Å². The third kappa shape index (κ3) is 5.11. The molecule has 2 aromatic rings. The number of anilines is 2. The molecule has 0 amide bonds. The van der Waals surface area contributed by atoms with Crippen molar-refractivity contribution in [2.24, 2.45) is 0 Å². The topological polar surface area (TPSA) is 74.2 Å². The van der Waals surface area contributed by atoms with Gasteiger partial charge in [-0.05, 0) is 45.0 Å². The fourth-order valence-electron chi connectivity index (χ4n) is 2.13. The van der Waals surface area contributed by atoms with E-state index in [1.54, 1.807) is 6.92 Å². The molecule has 2 rings (SSSR count). The van der Waals surface area contributed by atoms with Gasteiger partial charge in [-0.3, -0.25) is 0 Å². The normalized spacial score (nSPS) is 9.68. The second kappa shape index (κ2) is 8.55. The lowest BCUT2D eigenvalue weighted by Crippen LogP contribution is -2.18. The highest BCUT2D eigenvalue weighted by atomic mass is 16.5. The van der Waals surface area contributed by atoms with Gasteiger partial charge in [-0.2, -0.15) is 5.26 Å². The molecule has 0 heterocycles. The molecule has 0 saturated heterocycles. The van der Waals surface area contributed by atoms with Crippen molar-refractivity contribution in [3.63, 3.8) is 0 Å². The van der Waals surface area contributed by atoms with E-state index in [4.69, 9.17) is 4.74 Å². The molecule has 0 aromatic heterocycles. The van der Waals surface area contributed by atoms with Crippen molar-refractivity contribution < 1.29 is 9.53 Å². The van der Waals surface area contributed by atoms with Gasteiger partial charge in [-0.15, -0.1) is 0 Å². The average Bonchev–Trinajstić information content (AvgIpc) is 2.59. The molecule has 0 atom stereocenters. The smallest absolute Gasteiger partial charge is 0.352 e.